The van der Waals surface area contributed by atoms with Gasteiger partial charge in [0.25, 0.3) is 0 Å². The van der Waals surface area contributed by atoms with Crippen LogP contribution in [0.25, 0.3) is 0 Å². The highest BCUT2D eigenvalue weighted by molar-refractivity contribution is 7.08. The lowest BCUT2D eigenvalue weighted by Gasteiger charge is -2.45. The van der Waals surface area contributed by atoms with Crippen LogP contribution in [-0.4, -0.2) is 16.1 Å². The first-order valence-corrected chi connectivity index (χ1v) is 17.8. The summed E-state index contributed by atoms with van der Waals surface area (Å²) >= 11 is 0. The molecule has 37 heavy (non-hydrogen) atoms. The van der Waals surface area contributed by atoms with E-state index in [0.29, 0.717) is 0 Å². The van der Waals surface area contributed by atoms with Crippen LogP contribution in [0.15, 0.2) is 133 Å². The maximum atomic E-state index is 2.68. The van der Waals surface area contributed by atoms with Crippen LogP contribution in [0.2, 0.25) is 16.1 Å². The molecule has 4 aromatic rings. The molecule has 0 unspecified atom stereocenters. The Kier molecular flexibility index (Phi) is 7.92. The highest BCUT2D eigenvalue weighted by atomic mass is 28.3. The van der Waals surface area contributed by atoms with E-state index in [1.807, 2.05) is 0 Å². The fourth-order valence-electron chi connectivity index (χ4n) is 6.31. The van der Waals surface area contributed by atoms with Gasteiger partial charge in [-0.2, -0.15) is 0 Å². The quantitative estimate of drug-likeness (QED) is 0.227. The molecular formula is C35H42Si2. The monoisotopic (exact) mass is 518 g/mol. The number of allylic oxidation sites excluding steroid dienone is 1. The number of hydrogen-bond donors (Lipinski definition) is 0. The molecule has 0 aliphatic rings. The molecule has 0 aliphatic carbocycles. The van der Waals surface area contributed by atoms with E-state index in [9.17, 15) is 0 Å². The molecule has 0 radical (unpaired) electrons. The number of benzene rings is 4. The summed E-state index contributed by atoms with van der Waals surface area (Å²) in [6, 6.07) is 46.3. The Morgan fingerprint density at radius 1 is 0.459 bits per heavy atom. The van der Waals surface area contributed by atoms with Crippen molar-refractivity contribution in [1.29, 1.82) is 0 Å². The Hall–Kier alpha value is -2.95. The second-order valence-electron chi connectivity index (χ2n) is 12.3. The molecular weight excluding hydrogens is 477 g/mol. The van der Waals surface area contributed by atoms with Crippen molar-refractivity contribution in [3.05, 3.63) is 133 Å². The van der Waals surface area contributed by atoms with Gasteiger partial charge in [-0.1, -0.05) is 185 Å². The zero-order chi connectivity index (χ0) is 26.6. The van der Waals surface area contributed by atoms with Gasteiger partial charge in [-0.05, 0) is 26.5 Å². The lowest BCUT2D eigenvalue weighted by atomic mass is 10.2. The number of rotatable bonds is 7. The van der Waals surface area contributed by atoms with E-state index in [0.717, 1.165) is 6.04 Å². The van der Waals surface area contributed by atoms with Gasteiger partial charge in [0.15, 0.2) is 0 Å². The van der Waals surface area contributed by atoms with Gasteiger partial charge in [0.05, 0.1) is 0 Å². The van der Waals surface area contributed by atoms with Crippen molar-refractivity contribution >= 4 is 36.9 Å². The largest absolute Gasteiger partial charge is 0.146 e. The van der Waals surface area contributed by atoms with Crippen LogP contribution in [0.4, 0.5) is 0 Å². The highest BCUT2D eigenvalue weighted by Gasteiger charge is 2.48. The minimum Gasteiger partial charge on any atom is -0.0937 e. The van der Waals surface area contributed by atoms with Crippen LogP contribution in [0, 0.1) is 0 Å². The highest BCUT2D eigenvalue weighted by Crippen LogP contribution is 2.40. The summed E-state index contributed by atoms with van der Waals surface area (Å²) < 4.78 is 0. The molecule has 0 saturated carbocycles. The van der Waals surface area contributed by atoms with Crippen LogP contribution in [0.3, 0.4) is 0 Å². The third-order valence-electron chi connectivity index (χ3n) is 8.25. The number of hydrogen-bond acceptors (Lipinski definition) is 0. The SMILES string of the molecule is CC(C)(C)[Si](/C=C/C[Si](c1ccccc1)(c1ccccc1)C(C)(C)C)(c1ccccc1)c1ccccc1. The molecule has 0 atom stereocenters. The first-order chi connectivity index (χ1) is 17.6. The van der Waals surface area contributed by atoms with Gasteiger partial charge in [-0.3, -0.25) is 0 Å². The van der Waals surface area contributed by atoms with Crippen molar-refractivity contribution in [2.75, 3.05) is 0 Å². The van der Waals surface area contributed by atoms with E-state index in [2.05, 4.69) is 175 Å². The average Bonchev–Trinajstić information content (AvgIpc) is 2.89. The van der Waals surface area contributed by atoms with E-state index < -0.39 is 16.1 Å². The standard InChI is InChI=1S/C35H42Si2/c1-34(2,3)36(30-20-11-7-12-21-30,31-22-13-8-14-23-31)28-19-29-37(35(4,5)6,32-24-15-9-16-25-32)33-26-17-10-18-27-33/h7-28H,29H2,1-6H3/b28-19+. The van der Waals surface area contributed by atoms with E-state index in [4.69, 9.17) is 0 Å². The summed E-state index contributed by atoms with van der Waals surface area (Å²) in [4.78, 5) is 0. The molecule has 0 aliphatic heterocycles. The van der Waals surface area contributed by atoms with Crippen molar-refractivity contribution in [2.24, 2.45) is 0 Å². The van der Waals surface area contributed by atoms with Gasteiger partial charge in [0.1, 0.15) is 16.1 Å². The lowest BCUT2D eigenvalue weighted by molar-refractivity contribution is 0.730. The minimum atomic E-state index is -2.27. The molecule has 0 amide bonds. The third kappa shape index (κ3) is 5.10. The fourth-order valence-corrected chi connectivity index (χ4v) is 16.5. The average molecular weight is 519 g/mol. The van der Waals surface area contributed by atoms with Crippen molar-refractivity contribution in [2.45, 2.75) is 57.7 Å². The molecule has 0 spiro atoms. The van der Waals surface area contributed by atoms with Crippen LogP contribution in [0.5, 0.6) is 0 Å². The smallest absolute Gasteiger partial charge is 0.0937 e. The zero-order valence-electron chi connectivity index (χ0n) is 23.4. The molecule has 190 valence electrons. The summed E-state index contributed by atoms with van der Waals surface area (Å²) in [5.41, 5.74) is 2.68. The topological polar surface area (TPSA) is 0 Å². The van der Waals surface area contributed by atoms with E-state index in [1.54, 1.807) is 0 Å². The fraction of sp³-hybridized carbons (Fsp3) is 0.257. The summed E-state index contributed by atoms with van der Waals surface area (Å²) in [6.45, 7) is 14.7. The Labute approximate surface area is 227 Å². The summed E-state index contributed by atoms with van der Waals surface area (Å²) in [5, 5.41) is 6.24. The van der Waals surface area contributed by atoms with Crippen LogP contribution in [-0.2, 0) is 0 Å². The summed E-state index contributed by atoms with van der Waals surface area (Å²) in [7, 11) is -4.44. The maximum absolute atomic E-state index is 2.68. The predicted octanol–water partition coefficient (Wildman–Crippen LogP) is 7.21. The molecule has 0 N–H and O–H groups in total. The summed E-state index contributed by atoms with van der Waals surface area (Å²) in [6.07, 6.45) is 2.59. The lowest BCUT2D eigenvalue weighted by Crippen LogP contribution is -2.64. The Morgan fingerprint density at radius 3 is 1.08 bits per heavy atom. The molecule has 0 heterocycles. The summed E-state index contributed by atoms with van der Waals surface area (Å²) in [5.74, 6) is 0. The predicted molar refractivity (Wildman–Crippen MR) is 169 cm³/mol. The molecule has 0 nitrogen and oxygen atoms in total. The molecule has 0 saturated heterocycles. The minimum absolute atomic E-state index is 0.109. The van der Waals surface area contributed by atoms with Crippen LogP contribution >= 0.6 is 0 Å². The third-order valence-corrected chi connectivity index (χ3v) is 19.9. The second-order valence-corrected chi connectivity index (χ2v) is 21.8. The van der Waals surface area contributed by atoms with Crippen LogP contribution in [0.1, 0.15) is 41.5 Å². The first-order valence-electron chi connectivity index (χ1n) is 13.5. The van der Waals surface area contributed by atoms with Crippen molar-refractivity contribution < 1.29 is 0 Å². The molecule has 4 aromatic carbocycles. The Morgan fingerprint density at radius 2 is 0.784 bits per heavy atom. The van der Waals surface area contributed by atoms with E-state index >= 15 is 0 Å². The van der Waals surface area contributed by atoms with E-state index in [-0.39, 0.29) is 10.1 Å². The maximum Gasteiger partial charge on any atom is 0.146 e. The van der Waals surface area contributed by atoms with Gasteiger partial charge >= 0.3 is 0 Å². The second kappa shape index (κ2) is 10.8. The van der Waals surface area contributed by atoms with Crippen molar-refractivity contribution in [3.63, 3.8) is 0 Å². The molecule has 4 rings (SSSR count). The van der Waals surface area contributed by atoms with Gasteiger partial charge in [-0.15, -0.1) is 0 Å². The Bertz CT molecular complexity index is 1200. The zero-order valence-corrected chi connectivity index (χ0v) is 25.4. The van der Waals surface area contributed by atoms with Crippen molar-refractivity contribution in [3.8, 4) is 0 Å². The normalized spacial score (nSPS) is 13.1. The van der Waals surface area contributed by atoms with Gasteiger partial charge < -0.3 is 0 Å². The Balaban J connectivity index is 1.94. The molecule has 0 fully saturated rings. The van der Waals surface area contributed by atoms with Gasteiger partial charge in [-0.25, -0.2) is 0 Å². The first kappa shape index (κ1) is 27.1. The van der Waals surface area contributed by atoms with Crippen molar-refractivity contribution in [1.82, 2.24) is 0 Å². The van der Waals surface area contributed by atoms with Crippen LogP contribution < -0.4 is 20.7 Å². The molecule has 2 heteroatoms. The molecule has 0 aromatic heterocycles. The van der Waals surface area contributed by atoms with Gasteiger partial charge in [0.2, 0.25) is 0 Å². The molecule has 0 bridgehead atoms. The van der Waals surface area contributed by atoms with Gasteiger partial charge in [0, 0.05) is 0 Å². The van der Waals surface area contributed by atoms with E-state index in [1.165, 1.54) is 20.7 Å².